The second-order valence-corrected chi connectivity index (χ2v) is 2.05. The van der Waals surface area contributed by atoms with Crippen molar-refractivity contribution in [2.24, 2.45) is 5.11 Å². The van der Waals surface area contributed by atoms with E-state index in [0.29, 0.717) is 12.4 Å². The number of aromatic nitrogens is 2. The Morgan fingerprint density at radius 1 is 1.83 bits per heavy atom. The minimum atomic E-state index is 0.321. The largest absolute Gasteiger partial charge is 0.384 e. The molecule has 0 amide bonds. The molecule has 0 bridgehead atoms. The molecule has 6 nitrogen and oxygen atoms in total. The number of hydrogen-bond acceptors (Lipinski definition) is 3. The van der Waals surface area contributed by atoms with Gasteiger partial charge in [0.25, 0.3) is 0 Å². The van der Waals surface area contributed by atoms with Crippen molar-refractivity contribution in [1.29, 1.82) is 0 Å². The molecule has 0 saturated heterocycles. The van der Waals surface area contributed by atoms with Crippen LogP contribution in [0.15, 0.2) is 17.4 Å². The average Bonchev–Trinajstić information content (AvgIpc) is 2.46. The fourth-order valence-electron chi connectivity index (χ4n) is 0.702. The lowest BCUT2D eigenvalue weighted by atomic mass is 10.3. The predicted octanol–water partition coefficient (Wildman–Crippen LogP) is 1.32. The first-order valence-corrected chi connectivity index (χ1v) is 3.31. The van der Waals surface area contributed by atoms with E-state index in [4.69, 9.17) is 11.3 Å². The summed E-state index contributed by atoms with van der Waals surface area (Å²) in [4.78, 5) is 2.60. The van der Waals surface area contributed by atoms with E-state index in [2.05, 4.69) is 20.2 Å². The topological polar surface area (TPSA) is 103 Å². The maximum Gasteiger partial charge on any atom is 0.126 e. The molecule has 0 aliphatic carbocycles. The van der Waals surface area contributed by atoms with Gasteiger partial charge in [0.2, 0.25) is 0 Å². The molecule has 0 fully saturated rings. The van der Waals surface area contributed by atoms with Gasteiger partial charge in [0.1, 0.15) is 5.82 Å². The van der Waals surface area contributed by atoms with Crippen LogP contribution in [0.2, 0.25) is 0 Å². The molecule has 3 N–H and O–H groups in total. The first-order valence-electron chi connectivity index (χ1n) is 3.31. The lowest BCUT2D eigenvalue weighted by Crippen LogP contribution is -1.86. The van der Waals surface area contributed by atoms with Crippen LogP contribution in [-0.2, 0) is 0 Å². The summed E-state index contributed by atoms with van der Waals surface area (Å²) in [6, 6.07) is 0. The van der Waals surface area contributed by atoms with E-state index < -0.39 is 0 Å². The summed E-state index contributed by atoms with van der Waals surface area (Å²) in [7, 11) is 0. The van der Waals surface area contributed by atoms with Crippen LogP contribution in [0.25, 0.3) is 16.5 Å². The molecule has 0 radical (unpaired) electrons. The molecule has 0 saturated carbocycles. The molecular weight excluding hydrogens is 156 g/mol. The Hall–Kier alpha value is -1.94. The summed E-state index contributed by atoms with van der Waals surface area (Å²) in [5.74, 6) is 0.507. The van der Waals surface area contributed by atoms with E-state index in [0.717, 1.165) is 5.56 Å². The fourth-order valence-corrected chi connectivity index (χ4v) is 0.702. The van der Waals surface area contributed by atoms with Crippen LogP contribution < -0.4 is 5.73 Å². The Kier molecular flexibility index (Phi) is 2.75. The highest BCUT2D eigenvalue weighted by atomic mass is 15.1. The maximum absolute atomic E-state index is 7.96. The average molecular weight is 164 g/mol. The summed E-state index contributed by atoms with van der Waals surface area (Å²) in [6.45, 7) is 0.321. The van der Waals surface area contributed by atoms with Crippen LogP contribution in [0.4, 0.5) is 5.82 Å². The van der Waals surface area contributed by atoms with Gasteiger partial charge in [-0.3, -0.25) is 5.10 Å². The number of H-pyrrole nitrogens is 1. The van der Waals surface area contributed by atoms with Crippen LogP contribution in [0.1, 0.15) is 5.56 Å². The number of nitrogens with one attached hydrogen (secondary N) is 1. The third-order valence-electron chi connectivity index (χ3n) is 1.25. The lowest BCUT2D eigenvalue weighted by Gasteiger charge is -1.85. The number of aromatic amines is 1. The Morgan fingerprint density at radius 3 is 3.25 bits per heavy atom. The van der Waals surface area contributed by atoms with Crippen molar-refractivity contribution >= 4 is 11.9 Å². The number of nitrogens with two attached hydrogens (primary N) is 1. The van der Waals surface area contributed by atoms with E-state index in [1.54, 1.807) is 18.3 Å². The Morgan fingerprint density at radius 2 is 2.67 bits per heavy atom. The number of nitrogen functional groups attached to an aromatic ring is 1. The Balaban J connectivity index is 2.57. The predicted molar refractivity (Wildman–Crippen MR) is 46.0 cm³/mol. The van der Waals surface area contributed by atoms with Crippen molar-refractivity contribution in [1.82, 2.24) is 10.2 Å². The van der Waals surface area contributed by atoms with E-state index in [-0.39, 0.29) is 0 Å². The third kappa shape index (κ3) is 2.03. The molecule has 1 aromatic rings. The second-order valence-electron chi connectivity index (χ2n) is 2.05. The van der Waals surface area contributed by atoms with E-state index in [9.17, 15) is 0 Å². The second kappa shape index (κ2) is 4.05. The van der Waals surface area contributed by atoms with Gasteiger partial charge in [0, 0.05) is 17.0 Å². The van der Waals surface area contributed by atoms with Crippen LogP contribution in [0.3, 0.4) is 0 Å². The summed E-state index contributed by atoms with van der Waals surface area (Å²) in [5.41, 5.74) is 14.2. The third-order valence-corrected chi connectivity index (χ3v) is 1.25. The summed E-state index contributed by atoms with van der Waals surface area (Å²) in [6.07, 6.45) is 5.05. The SMILES string of the molecule is [N-]=[N+]=NCC=Cc1cn[nH]c1N. The van der Waals surface area contributed by atoms with Crippen molar-refractivity contribution in [3.05, 3.63) is 28.3 Å². The molecule has 0 spiro atoms. The smallest absolute Gasteiger partial charge is 0.126 e. The highest BCUT2D eigenvalue weighted by Crippen LogP contribution is 2.07. The quantitative estimate of drug-likeness (QED) is 0.399. The highest BCUT2D eigenvalue weighted by molar-refractivity contribution is 5.59. The summed E-state index contributed by atoms with van der Waals surface area (Å²) >= 11 is 0. The molecule has 12 heavy (non-hydrogen) atoms. The molecule has 0 aliphatic heterocycles. The highest BCUT2D eigenvalue weighted by Gasteiger charge is 1.93. The van der Waals surface area contributed by atoms with E-state index in [1.807, 2.05) is 0 Å². The number of azide groups is 1. The first kappa shape index (κ1) is 8.16. The van der Waals surface area contributed by atoms with Gasteiger partial charge < -0.3 is 5.73 Å². The van der Waals surface area contributed by atoms with Crippen molar-refractivity contribution in [3.63, 3.8) is 0 Å². The van der Waals surface area contributed by atoms with Gasteiger partial charge in [-0.2, -0.15) is 5.10 Å². The standard InChI is InChI=1S/C6H8N6/c7-6-5(4-10-11-6)2-1-3-9-12-8/h1-2,4H,3H2,(H3,7,10,11). The molecule has 62 valence electrons. The number of rotatable bonds is 3. The van der Waals surface area contributed by atoms with Crippen molar-refractivity contribution in [2.45, 2.75) is 0 Å². The molecule has 0 aromatic carbocycles. The van der Waals surface area contributed by atoms with Crippen molar-refractivity contribution in [2.75, 3.05) is 12.3 Å². The Bertz CT molecular complexity index is 319. The van der Waals surface area contributed by atoms with E-state index in [1.165, 1.54) is 0 Å². The van der Waals surface area contributed by atoms with Crippen LogP contribution in [0, 0.1) is 0 Å². The minimum Gasteiger partial charge on any atom is -0.384 e. The molecule has 0 unspecified atom stereocenters. The van der Waals surface area contributed by atoms with Gasteiger partial charge in [0.05, 0.1) is 6.20 Å². The van der Waals surface area contributed by atoms with Gasteiger partial charge in [0.15, 0.2) is 0 Å². The zero-order valence-electron chi connectivity index (χ0n) is 6.31. The van der Waals surface area contributed by atoms with Crippen LogP contribution in [-0.4, -0.2) is 16.7 Å². The normalized spacial score (nSPS) is 10.0. The molecule has 6 heteroatoms. The van der Waals surface area contributed by atoms with Gasteiger partial charge >= 0.3 is 0 Å². The minimum absolute atomic E-state index is 0.321. The summed E-state index contributed by atoms with van der Waals surface area (Å²) < 4.78 is 0. The number of anilines is 1. The van der Waals surface area contributed by atoms with Crippen LogP contribution >= 0.6 is 0 Å². The number of nitrogens with zero attached hydrogens (tertiary/aromatic N) is 4. The van der Waals surface area contributed by atoms with E-state index >= 15 is 0 Å². The molecule has 1 heterocycles. The fraction of sp³-hybridized carbons (Fsp3) is 0.167. The van der Waals surface area contributed by atoms with Crippen LogP contribution in [0.5, 0.6) is 0 Å². The zero-order valence-corrected chi connectivity index (χ0v) is 6.31. The molecule has 0 atom stereocenters. The van der Waals surface area contributed by atoms with Crippen molar-refractivity contribution < 1.29 is 0 Å². The van der Waals surface area contributed by atoms with Gasteiger partial charge in [-0.25, -0.2) is 0 Å². The summed E-state index contributed by atoms with van der Waals surface area (Å²) in [5, 5.41) is 9.62. The molecular formula is C6H8N6. The molecule has 0 aliphatic rings. The zero-order chi connectivity index (χ0) is 8.81. The number of hydrogen-bond donors (Lipinski definition) is 2. The maximum atomic E-state index is 7.96. The van der Waals surface area contributed by atoms with Gasteiger partial charge in [-0.05, 0) is 5.53 Å². The first-order chi connectivity index (χ1) is 5.84. The lowest BCUT2D eigenvalue weighted by molar-refractivity contribution is 1.10. The van der Waals surface area contributed by atoms with Crippen molar-refractivity contribution in [3.8, 4) is 0 Å². The molecule has 1 rings (SSSR count). The van der Waals surface area contributed by atoms with Gasteiger partial charge in [-0.1, -0.05) is 17.3 Å². The monoisotopic (exact) mass is 164 g/mol. The Labute approximate surface area is 68.7 Å². The van der Waals surface area contributed by atoms with Gasteiger partial charge in [-0.15, -0.1) is 0 Å². The molecule has 1 aromatic heterocycles.